The van der Waals surface area contributed by atoms with Crippen molar-refractivity contribution in [1.82, 2.24) is 4.98 Å². The Bertz CT molecular complexity index is 518. The van der Waals surface area contributed by atoms with E-state index in [0.29, 0.717) is 0 Å². The Morgan fingerprint density at radius 1 is 1.19 bits per heavy atom. The highest BCUT2D eigenvalue weighted by molar-refractivity contribution is 7.80. The molecule has 0 saturated carbocycles. The standard InChI is InChI=1S/C13H14N2S/c16-12-5-3-4-10-8-13(14-9-11(10)12)15-6-1-2-7-15/h3-5,8-9,16H,1-2,6-7H2. The first-order valence-electron chi connectivity index (χ1n) is 5.67. The van der Waals surface area contributed by atoms with Gasteiger partial charge in [-0.3, -0.25) is 0 Å². The second-order valence-electron chi connectivity index (χ2n) is 4.23. The monoisotopic (exact) mass is 230 g/mol. The average molecular weight is 230 g/mol. The Labute approximate surface area is 101 Å². The molecule has 2 nitrogen and oxygen atoms in total. The van der Waals surface area contributed by atoms with E-state index in [1.165, 1.54) is 18.2 Å². The molecule has 16 heavy (non-hydrogen) atoms. The maximum Gasteiger partial charge on any atom is 0.129 e. The van der Waals surface area contributed by atoms with E-state index in [1.54, 1.807) is 0 Å². The molecule has 1 aromatic heterocycles. The molecule has 1 fully saturated rings. The van der Waals surface area contributed by atoms with Gasteiger partial charge in [-0.15, -0.1) is 12.6 Å². The number of rotatable bonds is 1. The third-order valence-corrected chi connectivity index (χ3v) is 3.55. The van der Waals surface area contributed by atoms with Crippen molar-refractivity contribution in [3.63, 3.8) is 0 Å². The lowest BCUT2D eigenvalue weighted by Gasteiger charge is -2.16. The van der Waals surface area contributed by atoms with E-state index < -0.39 is 0 Å². The second-order valence-corrected chi connectivity index (χ2v) is 4.72. The van der Waals surface area contributed by atoms with Crippen molar-refractivity contribution in [1.29, 1.82) is 0 Å². The highest BCUT2D eigenvalue weighted by Gasteiger charge is 2.13. The number of hydrogen-bond acceptors (Lipinski definition) is 3. The normalized spacial score (nSPS) is 15.9. The molecule has 1 aliphatic heterocycles. The lowest BCUT2D eigenvalue weighted by atomic mass is 10.2. The van der Waals surface area contributed by atoms with Crippen LogP contribution in [-0.4, -0.2) is 18.1 Å². The SMILES string of the molecule is Sc1cccc2cc(N3CCCC3)ncc12. The number of thiol groups is 1. The zero-order chi connectivity index (χ0) is 11.0. The summed E-state index contributed by atoms with van der Waals surface area (Å²) in [6.07, 6.45) is 4.50. The minimum atomic E-state index is 0.998. The molecule has 0 spiro atoms. The van der Waals surface area contributed by atoms with Gasteiger partial charge in [0, 0.05) is 29.6 Å². The van der Waals surface area contributed by atoms with Crippen molar-refractivity contribution >= 4 is 29.2 Å². The fourth-order valence-electron chi connectivity index (χ4n) is 2.26. The lowest BCUT2D eigenvalue weighted by Crippen LogP contribution is -2.18. The first-order chi connectivity index (χ1) is 7.84. The van der Waals surface area contributed by atoms with Crippen LogP contribution in [0.4, 0.5) is 5.82 Å². The smallest absolute Gasteiger partial charge is 0.129 e. The molecule has 82 valence electrons. The van der Waals surface area contributed by atoms with Crippen molar-refractivity contribution in [2.45, 2.75) is 17.7 Å². The lowest BCUT2D eigenvalue weighted by molar-refractivity contribution is 0.940. The number of benzene rings is 1. The molecule has 1 aromatic carbocycles. The molecule has 0 radical (unpaired) electrons. The maximum atomic E-state index is 4.53. The van der Waals surface area contributed by atoms with Gasteiger partial charge in [-0.05, 0) is 30.4 Å². The molecular formula is C13H14N2S. The molecule has 0 amide bonds. The second kappa shape index (κ2) is 3.98. The average Bonchev–Trinajstić information content (AvgIpc) is 2.82. The van der Waals surface area contributed by atoms with Crippen LogP contribution in [-0.2, 0) is 0 Å². The van der Waals surface area contributed by atoms with Gasteiger partial charge in [-0.25, -0.2) is 4.98 Å². The maximum absolute atomic E-state index is 4.53. The third kappa shape index (κ3) is 1.65. The van der Waals surface area contributed by atoms with Crippen molar-refractivity contribution in [3.05, 3.63) is 30.5 Å². The first-order valence-corrected chi connectivity index (χ1v) is 6.12. The van der Waals surface area contributed by atoms with Gasteiger partial charge in [-0.1, -0.05) is 12.1 Å². The van der Waals surface area contributed by atoms with Gasteiger partial charge in [0.15, 0.2) is 0 Å². The van der Waals surface area contributed by atoms with Gasteiger partial charge in [0.1, 0.15) is 5.82 Å². The molecule has 0 unspecified atom stereocenters. The number of anilines is 1. The molecule has 2 aromatic rings. The Kier molecular flexibility index (Phi) is 2.48. The number of nitrogens with zero attached hydrogens (tertiary/aromatic N) is 2. The van der Waals surface area contributed by atoms with Crippen LogP contribution in [0.5, 0.6) is 0 Å². The summed E-state index contributed by atoms with van der Waals surface area (Å²) >= 11 is 4.44. The predicted molar refractivity (Wildman–Crippen MR) is 70.4 cm³/mol. The van der Waals surface area contributed by atoms with Crippen LogP contribution in [0.3, 0.4) is 0 Å². The number of fused-ring (bicyclic) bond motifs is 1. The van der Waals surface area contributed by atoms with Crippen LogP contribution in [0.2, 0.25) is 0 Å². The molecule has 1 saturated heterocycles. The van der Waals surface area contributed by atoms with Gasteiger partial charge in [0.05, 0.1) is 0 Å². The van der Waals surface area contributed by atoms with Crippen molar-refractivity contribution in [3.8, 4) is 0 Å². The molecular weight excluding hydrogens is 216 g/mol. The van der Waals surface area contributed by atoms with Gasteiger partial charge < -0.3 is 4.90 Å². The highest BCUT2D eigenvalue weighted by Crippen LogP contribution is 2.25. The molecule has 0 aliphatic carbocycles. The van der Waals surface area contributed by atoms with Crippen LogP contribution in [0.15, 0.2) is 35.4 Å². The highest BCUT2D eigenvalue weighted by atomic mass is 32.1. The van der Waals surface area contributed by atoms with Crippen LogP contribution >= 0.6 is 12.6 Å². The number of pyridine rings is 1. The van der Waals surface area contributed by atoms with Gasteiger partial charge >= 0.3 is 0 Å². The van der Waals surface area contributed by atoms with E-state index in [9.17, 15) is 0 Å². The zero-order valence-corrected chi connectivity index (χ0v) is 9.95. The third-order valence-electron chi connectivity index (χ3n) is 3.16. The molecule has 2 heterocycles. The van der Waals surface area contributed by atoms with Crippen LogP contribution in [0.1, 0.15) is 12.8 Å². The van der Waals surface area contributed by atoms with Crippen LogP contribution < -0.4 is 4.90 Å². The van der Waals surface area contributed by atoms with E-state index in [1.807, 2.05) is 18.3 Å². The van der Waals surface area contributed by atoms with Gasteiger partial charge in [0.25, 0.3) is 0 Å². The van der Waals surface area contributed by atoms with Gasteiger partial charge in [0.2, 0.25) is 0 Å². The van der Waals surface area contributed by atoms with Crippen molar-refractivity contribution < 1.29 is 0 Å². The Morgan fingerprint density at radius 2 is 2.00 bits per heavy atom. The quantitative estimate of drug-likeness (QED) is 0.758. The molecule has 1 aliphatic rings. The summed E-state index contributed by atoms with van der Waals surface area (Å²) in [6.45, 7) is 2.28. The fourth-order valence-corrected chi connectivity index (χ4v) is 2.54. The van der Waals surface area contributed by atoms with E-state index in [-0.39, 0.29) is 0 Å². The van der Waals surface area contributed by atoms with E-state index in [0.717, 1.165) is 29.2 Å². The fraction of sp³-hybridized carbons (Fsp3) is 0.308. The zero-order valence-electron chi connectivity index (χ0n) is 9.06. The largest absolute Gasteiger partial charge is 0.357 e. The molecule has 3 rings (SSSR count). The molecule has 0 N–H and O–H groups in total. The summed E-state index contributed by atoms with van der Waals surface area (Å²) in [6, 6.07) is 8.33. The Balaban J connectivity index is 2.08. The summed E-state index contributed by atoms with van der Waals surface area (Å²) in [4.78, 5) is 7.88. The first kappa shape index (κ1) is 9.97. The molecule has 0 bridgehead atoms. The summed E-state index contributed by atoms with van der Waals surface area (Å²) in [5, 5.41) is 2.36. The molecule has 3 heteroatoms. The topological polar surface area (TPSA) is 16.1 Å². The Morgan fingerprint density at radius 3 is 2.81 bits per heavy atom. The van der Waals surface area contributed by atoms with Crippen molar-refractivity contribution in [2.75, 3.05) is 18.0 Å². The van der Waals surface area contributed by atoms with E-state index in [4.69, 9.17) is 0 Å². The van der Waals surface area contributed by atoms with Gasteiger partial charge in [-0.2, -0.15) is 0 Å². The Hall–Kier alpha value is -1.22. The van der Waals surface area contributed by atoms with E-state index in [2.05, 4.69) is 34.6 Å². The summed E-state index contributed by atoms with van der Waals surface area (Å²) in [7, 11) is 0. The number of hydrogen-bond donors (Lipinski definition) is 1. The summed E-state index contributed by atoms with van der Waals surface area (Å²) < 4.78 is 0. The molecule has 0 atom stereocenters. The predicted octanol–water partition coefficient (Wildman–Crippen LogP) is 3.12. The summed E-state index contributed by atoms with van der Waals surface area (Å²) in [5.41, 5.74) is 0. The number of aromatic nitrogens is 1. The van der Waals surface area contributed by atoms with Crippen LogP contribution in [0.25, 0.3) is 10.8 Å². The van der Waals surface area contributed by atoms with E-state index >= 15 is 0 Å². The van der Waals surface area contributed by atoms with Crippen molar-refractivity contribution in [2.24, 2.45) is 0 Å². The minimum Gasteiger partial charge on any atom is -0.357 e. The summed E-state index contributed by atoms with van der Waals surface area (Å²) in [5.74, 6) is 1.10. The minimum absolute atomic E-state index is 0.998. The van der Waals surface area contributed by atoms with Crippen LogP contribution in [0, 0.1) is 0 Å².